The van der Waals surface area contributed by atoms with Crippen LogP contribution in [-0.4, -0.2) is 42.5 Å². The van der Waals surface area contributed by atoms with Crippen molar-refractivity contribution in [3.8, 4) is 0 Å². The zero-order valence-corrected chi connectivity index (χ0v) is 8.42. The van der Waals surface area contributed by atoms with Gasteiger partial charge in [-0.1, -0.05) is 0 Å². The predicted octanol–water partition coefficient (Wildman–Crippen LogP) is -0.456. The molecule has 0 bridgehead atoms. The van der Waals surface area contributed by atoms with Gasteiger partial charge in [0.05, 0.1) is 0 Å². The van der Waals surface area contributed by atoms with Gasteiger partial charge in [-0.15, -0.1) is 0 Å². The number of rotatable bonds is 3. The maximum atomic E-state index is 10.8. The Kier molecular flexibility index (Phi) is 3.69. The van der Waals surface area contributed by atoms with Crippen molar-refractivity contribution >= 4 is 5.91 Å². The summed E-state index contributed by atoms with van der Waals surface area (Å²) >= 11 is 0. The summed E-state index contributed by atoms with van der Waals surface area (Å²) < 4.78 is 0. The van der Waals surface area contributed by atoms with Gasteiger partial charge in [-0.3, -0.25) is 9.69 Å². The van der Waals surface area contributed by atoms with E-state index < -0.39 is 0 Å². The highest BCUT2D eigenvalue weighted by atomic mass is 16.1. The van der Waals surface area contributed by atoms with E-state index in [4.69, 9.17) is 5.73 Å². The third-order valence-corrected chi connectivity index (χ3v) is 2.23. The Balaban J connectivity index is 2.24. The molecule has 1 heterocycles. The van der Waals surface area contributed by atoms with E-state index in [2.05, 4.69) is 10.2 Å². The first kappa shape index (κ1) is 10.5. The highest BCUT2D eigenvalue weighted by Crippen LogP contribution is 2.08. The molecule has 0 saturated carbocycles. The van der Waals surface area contributed by atoms with Crippen LogP contribution in [0, 0.1) is 0 Å². The molecule has 0 aromatic rings. The lowest BCUT2D eigenvalue weighted by molar-refractivity contribution is -0.119. The van der Waals surface area contributed by atoms with Gasteiger partial charge >= 0.3 is 0 Å². The van der Waals surface area contributed by atoms with Crippen molar-refractivity contribution in [1.29, 1.82) is 0 Å². The number of carbonyl (C=O) groups excluding carboxylic acids is 1. The molecule has 4 nitrogen and oxygen atoms in total. The van der Waals surface area contributed by atoms with Crippen LogP contribution in [0.5, 0.6) is 0 Å². The lowest BCUT2D eigenvalue weighted by Crippen LogP contribution is -2.38. The Morgan fingerprint density at radius 2 is 2.46 bits per heavy atom. The fourth-order valence-corrected chi connectivity index (χ4v) is 1.81. The van der Waals surface area contributed by atoms with E-state index in [0.717, 1.165) is 26.1 Å². The highest BCUT2D eigenvalue weighted by molar-refractivity contribution is 5.73. The van der Waals surface area contributed by atoms with Crippen molar-refractivity contribution in [1.82, 2.24) is 10.2 Å². The number of hydrogen-bond donors (Lipinski definition) is 2. The number of amides is 1. The number of carbonyl (C=O) groups is 1. The van der Waals surface area contributed by atoms with E-state index in [9.17, 15) is 4.79 Å². The lowest BCUT2D eigenvalue weighted by atomic mass is 10.2. The number of hydrogen-bond acceptors (Lipinski definition) is 3. The van der Waals surface area contributed by atoms with Crippen LogP contribution in [0.25, 0.3) is 0 Å². The Labute approximate surface area is 79.5 Å². The molecule has 1 aliphatic heterocycles. The number of likely N-dealkylation sites (tertiary alicyclic amines) is 1. The van der Waals surface area contributed by atoms with Crippen molar-refractivity contribution in [3.05, 3.63) is 0 Å². The summed E-state index contributed by atoms with van der Waals surface area (Å²) in [6.45, 7) is 6.49. The van der Waals surface area contributed by atoms with Gasteiger partial charge < -0.3 is 11.1 Å². The molecule has 76 valence electrons. The molecule has 2 unspecified atom stereocenters. The molecule has 1 fully saturated rings. The summed E-state index contributed by atoms with van der Waals surface area (Å²) in [4.78, 5) is 13.1. The summed E-state index contributed by atoms with van der Waals surface area (Å²) in [6, 6.07) is 0.548. The summed E-state index contributed by atoms with van der Waals surface area (Å²) in [5, 5.41) is 2.92. The van der Waals surface area contributed by atoms with Crippen molar-refractivity contribution in [2.75, 3.05) is 19.6 Å². The van der Waals surface area contributed by atoms with Crippen LogP contribution in [0.2, 0.25) is 0 Å². The largest absolute Gasteiger partial charge is 0.352 e. The number of nitrogens with two attached hydrogens (primary N) is 1. The smallest absolute Gasteiger partial charge is 0.217 e. The van der Waals surface area contributed by atoms with E-state index in [1.54, 1.807) is 6.92 Å². The molecule has 2 atom stereocenters. The monoisotopic (exact) mass is 185 g/mol. The fourth-order valence-electron chi connectivity index (χ4n) is 1.81. The molecule has 1 rings (SSSR count). The Morgan fingerprint density at radius 1 is 1.77 bits per heavy atom. The molecule has 0 aromatic heterocycles. The summed E-state index contributed by atoms with van der Waals surface area (Å²) in [7, 11) is 0. The molecule has 3 N–H and O–H groups in total. The minimum absolute atomic E-state index is 0.0626. The number of nitrogens with one attached hydrogen (secondary N) is 1. The van der Waals surface area contributed by atoms with E-state index in [0.29, 0.717) is 6.04 Å². The Morgan fingerprint density at radius 3 is 3.00 bits per heavy atom. The van der Waals surface area contributed by atoms with Gasteiger partial charge in [-0.05, 0) is 13.3 Å². The zero-order valence-electron chi connectivity index (χ0n) is 8.42. The molecule has 0 aromatic carbocycles. The van der Waals surface area contributed by atoms with E-state index in [1.165, 1.54) is 0 Å². The van der Waals surface area contributed by atoms with Gasteiger partial charge in [0.1, 0.15) is 0 Å². The van der Waals surface area contributed by atoms with Crippen molar-refractivity contribution in [2.24, 2.45) is 5.73 Å². The van der Waals surface area contributed by atoms with Gasteiger partial charge in [-0.25, -0.2) is 0 Å². The maximum absolute atomic E-state index is 10.8. The van der Waals surface area contributed by atoms with E-state index in [-0.39, 0.29) is 11.9 Å². The minimum atomic E-state index is 0.0626. The molecule has 0 spiro atoms. The summed E-state index contributed by atoms with van der Waals surface area (Å²) in [5.41, 5.74) is 5.69. The van der Waals surface area contributed by atoms with Crippen LogP contribution in [0.3, 0.4) is 0 Å². The van der Waals surface area contributed by atoms with Crippen LogP contribution in [0.4, 0.5) is 0 Å². The maximum Gasteiger partial charge on any atom is 0.217 e. The van der Waals surface area contributed by atoms with Crippen LogP contribution in [-0.2, 0) is 4.79 Å². The summed E-state index contributed by atoms with van der Waals surface area (Å²) in [5.74, 6) is 0.0626. The first-order valence-electron chi connectivity index (χ1n) is 4.83. The molecule has 0 radical (unpaired) electrons. The van der Waals surface area contributed by atoms with Crippen LogP contribution in [0.15, 0.2) is 0 Å². The van der Waals surface area contributed by atoms with Gasteiger partial charge in [0.25, 0.3) is 0 Å². The van der Waals surface area contributed by atoms with Crippen LogP contribution >= 0.6 is 0 Å². The predicted molar refractivity (Wildman–Crippen MR) is 52.3 cm³/mol. The molecule has 4 heteroatoms. The average molecular weight is 185 g/mol. The van der Waals surface area contributed by atoms with Gasteiger partial charge in [0.15, 0.2) is 0 Å². The molecular weight excluding hydrogens is 166 g/mol. The third kappa shape index (κ3) is 3.74. The fraction of sp³-hybridized carbons (Fsp3) is 0.889. The van der Waals surface area contributed by atoms with Crippen LogP contribution < -0.4 is 11.1 Å². The lowest BCUT2D eigenvalue weighted by Gasteiger charge is -2.18. The first-order valence-corrected chi connectivity index (χ1v) is 4.83. The van der Waals surface area contributed by atoms with Crippen LogP contribution in [0.1, 0.15) is 20.3 Å². The third-order valence-electron chi connectivity index (χ3n) is 2.23. The molecule has 1 amide bonds. The molecular formula is C9H19N3O. The minimum Gasteiger partial charge on any atom is -0.352 e. The Bertz CT molecular complexity index is 182. The van der Waals surface area contributed by atoms with Gasteiger partial charge in [0, 0.05) is 38.6 Å². The highest BCUT2D eigenvalue weighted by Gasteiger charge is 2.22. The number of nitrogens with zero attached hydrogens (tertiary/aromatic N) is 1. The van der Waals surface area contributed by atoms with Gasteiger partial charge in [0.2, 0.25) is 5.91 Å². The zero-order chi connectivity index (χ0) is 9.84. The van der Waals surface area contributed by atoms with Crippen molar-refractivity contribution in [2.45, 2.75) is 32.4 Å². The standard InChI is InChI=1S/C9H19N3O/c1-7(10)5-12-4-3-9(6-12)11-8(2)13/h7,9H,3-6,10H2,1-2H3,(H,11,13). The average Bonchev–Trinajstić information content (AvgIpc) is 2.33. The topological polar surface area (TPSA) is 58.4 Å². The first-order chi connectivity index (χ1) is 6.08. The SMILES string of the molecule is CC(=O)NC1CCN(CC(C)N)C1. The Hall–Kier alpha value is -0.610. The quantitative estimate of drug-likeness (QED) is 0.626. The second-order valence-corrected chi connectivity index (χ2v) is 3.92. The van der Waals surface area contributed by atoms with Crippen molar-refractivity contribution < 1.29 is 4.79 Å². The molecule has 13 heavy (non-hydrogen) atoms. The second kappa shape index (κ2) is 4.58. The normalized spacial score (nSPS) is 25.9. The van der Waals surface area contributed by atoms with E-state index in [1.807, 2.05) is 6.92 Å². The molecule has 1 saturated heterocycles. The van der Waals surface area contributed by atoms with Gasteiger partial charge in [-0.2, -0.15) is 0 Å². The summed E-state index contributed by atoms with van der Waals surface area (Å²) in [6.07, 6.45) is 1.05. The molecule has 0 aliphatic carbocycles. The molecule has 1 aliphatic rings. The van der Waals surface area contributed by atoms with Crippen molar-refractivity contribution in [3.63, 3.8) is 0 Å². The second-order valence-electron chi connectivity index (χ2n) is 3.92. The van der Waals surface area contributed by atoms with E-state index >= 15 is 0 Å².